The Morgan fingerprint density at radius 1 is 1.15 bits per heavy atom. The molecule has 138 valence electrons. The number of carbonyl (C=O) groups excluding carboxylic acids is 1. The molecule has 1 aliphatic rings. The van der Waals surface area contributed by atoms with Crippen molar-refractivity contribution in [1.29, 1.82) is 5.26 Å². The van der Waals surface area contributed by atoms with E-state index in [2.05, 4.69) is 10.2 Å². The molecule has 7 heteroatoms. The lowest BCUT2D eigenvalue weighted by atomic mass is 10.2. The number of anilines is 2. The van der Waals surface area contributed by atoms with E-state index in [-0.39, 0.29) is 17.0 Å². The Morgan fingerprint density at radius 3 is 2.56 bits per heavy atom. The first-order chi connectivity index (χ1) is 13.1. The van der Waals surface area contributed by atoms with Crippen LogP contribution >= 0.6 is 11.6 Å². The highest BCUT2D eigenvalue weighted by Gasteiger charge is 2.18. The molecular weight excluding hydrogens is 364 g/mol. The summed E-state index contributed by atoms with van der Waals surface area (Å²) in [5.41, 5.74) is 1.33. The first kappa shape index (κ1) is 18.6. The summed E-state index contributed by atoms with van der Waals surface area (Å²) in [7, 11) is 0. The monoisotopic (exact) mass is 382 g/mol. The summed E-state index contributed by atoms with van der Waals surface area (Å²) >= 11 is 6.05. The molecule has 6 nitrogen and oxygen atoms in total. The van der Waals surface area contributed by atoms with Crippen molar-refractivity contribution in [2.45, 2.75) is 0 Å². The number of nitriles is 1. The van der Waals surface area contributed by atoms with Gasteiger partial charge in [0.2, 0.25) is 0 Å². The average Bonchev–Trinajstić information content (AvgIpc) is 2.68. The molecule has 0 radical (unpaired) electrons. The number of carbonyl (C=O) groups is 1. The molecule has 0 spiro atoms. The second-order valence-electron chi connectivity index (χ2n) is 6.13. The van der Waals surface area contributed by atoms with Gasteiger partial charge in [0, 0.05) is 43.1 Å². The summed E-state index contributed by atoms with van der Waals surface area (Å²) in [6, 6.07) is 16.0. The third-order valence-electron chi connectivity index (χ3n) is 4.32. The minimum Gasteiger partial charge on any atom is -0.506 e. The van der Waals surface area contributed by atoms with Gasteiger partial charge in [-0.1, -0.05) is 29.8 Å². The van der Waals surface area contributed by atoms with Gasteiger partial charge in [-0.05, 0) is 30.3 Å². The molecule has 1 heterocycles. The number of phenolic OH excluding ortho intramolecular Hbond substituents is 1. The van der Waals surface area contributed by atoms with Gasteiger partial charge < -0.3 is 20.2 Å². The molecule has 0 atom stereocenters. The van der Waals surface area contributed by atoms with E-state index in [1.807, 2.05) is 35.2 Å². The van der Waals surface area contributed by atoms with Gasteiger partial charge in [-0.3, -0.25) is 4.79 Å². The van der Waals surface area contributed by atoms with E-state index in [9.17, 15) is 15.2 Å². The van der Waals surface area contributed by atoms with Crippen LogP contribution in [-0.2, 0) is 4.79 Å². The standard InChI is InChI=1S/C20H19ClN4O2/c21-16-4-3-5-17(12-16)25-10-8-24(9-11-25)14-15(13-22)20(27)23-18-6-1-2-7-19(18)26/h1-7,12,14,26H,8-11H2,(H,23,27)/b15-14-. The van der Waals surface area contributed by atoms with Crippen LogP contribution in [0.2, 0.25) is 5.02 Å². The Labute approximate surface area is 162 Å². The molecule has 1 amide bonds. The number of amides is 1. The number of para-hydroxylation sites is 2. The molecule has 0 bridgehead atoms. The van der Waals surface area contributed by atoms with Crippen molar-refractivity contribution >= 4 is 28.9 Å². The third kappa shape index (κ3) is 4.72. The van der Waals surface area contributed by atoms with Crippen LogP contribution in [0, 0.1) is 11.3 Å². The molecule has 2 N–H and O–H groups in total. The number of halogens is 1. The van der Waals surface area contributed by atoms with Crippen LogP contribution in [-0.4, -0.2) is 42.1 Å². The van der Waals surface area contributed by atoms with Crippen molar-refractivity contribution in [3.63, 3.8) is 0 Å². The Morgan fingerprint density at radius 2 is 1.89 bits per heavy atom. The topological polar surface area (TPSA) is 79.6 Å². The second-order valence-corrected chi connectivity index (χ2v) is 6.57. The molecule has 2 aromatic carbocycles. The number of phenols is 1. The maximum absolute atomic E-state index is 12.3. The lowest BCUT2D eigenvalue weighted by Crippen LogP contribution is -2.44. The van der Waals surface area contributed by atoms with Crippen molar-refractivity contribution < 1.29 is 9.90 Å². The number of benzene rings is 2. The van der Waals surface area contributed by atoms with E-state index < -0.39 is 5.91 Å². The van der Waals surface area contributed by atoms with Crippen molar-refractivity contribution in [2.24, 2.45) is 0 Å². The number of hydrogen-bond donors (Lipinski definition) is 2. The van der Waals surface area contributed by atoms with Gasteiger partial charge in [0.15, 0.2) is 0 Å². The molecule has 1 saturated heterocycles. The molecule has 1 aliphatic heterocycles. The summed E-state index contributed by atoms with van der Waals surface area (Å²) in [6.07, 6.45) is 1.57. The van der Waals surface area contributed by atoms with Crippen LogP contribution in [0.5, 0.6) is 5.75 Å². The molecule has 0 unspecified atom stereocenters. The van der Waals surface area contributed by atoms with Gasteiger partial charge in [0.1, 0.15) is 17.4 Å². The van der Waals surface area contributed by atoms with Gasteiger partial charge in [0.05, 0.1) is 5.69 Å². The number of piperazine rings is 1. The summed E-state index contributed by atoms with van der Waals surface area (Å²) in [6.45, 7) is 2.89. The minimum atomic E-state index is -0.545. The maximum Gasteiger partial charge on any atom is 0.267 e. The maximum atomic E-state index is 12.3. The second kappa shape index (κ2) is 8.47. The zero-order valence-corrected chi connectivity index (χ0v) is 15.4. The molecule has 2 aromatic rings. The van der Waals surface area contributed by atoms with Crippen LogP contribution in [0.25, 0.3) is 0 Å². The Bertz CT molecular complexity index is 899. The first-order valence-corrected chi connectivity index (χ1v) is 8.90. The summed E-state index contributed by atoms with van der Waals surface area (Å²) < 4.78 is 0. The number of nitrogens with zero attached hydrogens (tertiary/aromatic N) is 3. The SMILES string of the molecule is N#C/C(=C/N1CCN(c2cccc(Cl)c2)CC1)C(=O)Nc1ccccc1O. The Balaban J connectivity index is 1.63. The van der Waals surface area contributed by atoms with E-state index in [0.29, 0.717) is 18.1 Å². The molecular formula is C20H19ClN4O2. The van der Waals surface area contributed by atoms with E-state index in [1.165, 1.54) is 6.07 Å². The average molecular weight is 383 g/mol. The lowest BCUT2D eigenvalue weighted by molar-refractivity contribution is -0.112. The van der Waals surface area contributed by atoms with Crippen molar-refractivity contribution in [3.05, 3.63) is 65.3 Å². The Hall–Kier alpha value is -3.17. The summed E-state index contributed by atoms with van der Waals surface area (Å²) in [5, 5.41) is 22.3. The lowest BCUT2D eigenvalue weighted by Gasteiger charge is -2.35. The van der Waals surface area contributed by atoms with Gasteiger partial charge in [0.25, 0.3) is 5.91 Å². The number of aromatic hydroxyl groups is 1. The molecule has 1 fully saturated rings. The molecule has 0 aromatic heterocycles. The fourth-order valence-electron chi connectivity index (χ4n) is 2.87. The van der Waals surface area contributed by atoms with Crippen LogP contribution in [0.15, 0.2) is 60.3 Å². The van der Waals surface area contributed by atoms with Gasteiger partial charge in [-0.15, -0.1) is 0 Å². The number of hydrogen-bond acceptors (Lipinski definition) is 5. The van der Waals surface area contributed by atoms with E-state index in [1.54, 1.807) is 24.4 Å². The van der Waals surface area contributed by atoms with Gasteiger partial charge in [-0.25, -0.2) is 0 Å². The molecule has 0 saturated carbocycles. The summed E-state index contributed by atoms with van der Waals surface area (Å²) in [4.78, 5) is 16.5. The summed E-state index contributed by atoms with van der Waals surface area (Å²) in [5.74, 6) is -0.588. The van der Waals surface area contributed by atoms with E-state index in [4.69, 9.17) is 11.6 Å². The van der Waals surface area contributed by atoms with Crippen LogP contribution in [0.3, 0.4) is 0 Å². The van der Waals surface area contributed by atoms with Crippen molar-refractivity contribution in [2.75, 3.05) is 36.4 Å². The predicted octanol–water partition coefficient (Wildman–Crippen LogP) is 3.21. The highest BCUT2D eigenvalue weighted by molar-refractivity contribution is 6.30. The largest absolute Gasteiger partial charge is 0.506 e. The van der Waals surface area contributed by atoms with Crippen molar-refractivity contribution in [3.8, 4) is 11.8 Å². The third-order valence-corrected chi connectivity index (χ3v) is 4.55. The van der Waals surface area contributed by atoms with Crippen molar-refractivity contribution in [1.82, 2.24) is 4.90 Å². The fraction of sp³-hybridized carbons (Fsp3) is 0.200. The predicted molar refractivity (Wildman–Crippen MR) is 106 cm³/mol. The minimum absolute atomic E-state index is 0.00513. The highest BCUT2D eigenvalue weighted by atomic mass is 35.5. The highest BCUT2D eigenvalue weighted by Crippen LogP contribution is 2.23. The van der Waals surface area contributed by atoms with Gasteiger partial charge in [-0.2, -0.15) is 5.26 Å². The first-order valence-electron chi connectivity index (χ1n) is 8.52. The quantitative estimate of drug-likeness (QED) is 0.482. The number of rotatable bonds is 4. The molecule has 0 aliphatic carbocycles. The Kier molecular flexibility index (Phi) is 5.84. The zero-order chi connectivity index (χ0) is 19.2. The normalized spacial score (nSPS) is 14.6. The fourth-order valence-corrected chi connectivity index (χ4v) is 3.06. The van der Waals surface area contributed by atoms with E-state index >= 15 is 0 Å². The van der Waals surface area contributed by atoms with Crippen LogP contribution in [0.4, 0.5) is 11.4 Å². The van der Waals surface area contributed by atoms with Crippen LogP contribution < -0.4 is 10.2 Å². The molecule has 27 heavy (non-hydrogen) atoms. The number of nitrogens with one attached hydrogen (secondary N) is 1. The molecule has 3 rings (SSSR count). The zero-order valence-electron chi connectivity index (χ0n) is 14.6. The van der Waals surface area contributed by atoms with E-state index in [0.717, 1.165) is 18.8 Å². The van der Waals surface area contributed by atoms with Crippen LogP contribution in [0.1, 0.15) is 0 Å². The smallest absolute Gasteiger partial charge is 0.267 e. The van der Waals surface area contributed by atoms with Gasteiger partial charge >= 0.3 is 0 Å².